The van der Waals surface area contributed by atoms with Gasteiger partial charge in [-0.1, -0.05) is 87.1 Å². The quantitative estimate of drug-likeness (QED) is 0.112. The lowest BCUT2D eigenvalue weighted by molar-refractivity contribution is -0.221. The second-order valence-electron chi connectivity index (χ2n) is 22.0. The Morgan fingerprint density at radius 1 is 0.688 bits per heavy atom. The van der Waals surface area contributed by atoms with Gasteiger partial charge in [-0.25, -0.2) is 0 Å². The number of esters is 5. The normalized spacial score (nSPS) is 42.5. The van der Waals surface area contributed by atoms with Crippen LogP contribution in [-0.2, 0) is 47.7 Å². The standard InChI is InChI=1S/C46H62O10.8CH4/c1-21(2)44(5,45-14-24-6-25(15-45)8-26(7-24)16-45)55-40(49)28(11-31-22(3)32-13-33(31)35-20-53-42(51)37(32)35)12-34(36-23(4)39(48)54-43(36)52)41(50)56-46-17-27-9-29(18-46)38(47)30(10-27)19-46;;;;;;;;/h21-37H,6-20H2,1-5H3;8*1H4. The predicted octanol–water partition coefficient (Wildman–Crippen LogP) is 12.0. The van der Waals surface area contributed by atoms with Crippen LogP contribution >= 0.6 is 0 Å². The molecule has 10 saturated carbocycles. The van der Waals surface area contributed by atoms with E-state index in [2.05, 4.69) is 27.7 Å². The van der Waals surface area contributed by atoms with Crippen LogP contribution in [0.1, 0.15) is 184 Å². The van der Waals surface area contributed by atoms with Gasteiger partial charge in [0.15, 0.2) is 0 Å². The zero-order chi connectivity index (χ0) is 39.2. The summed E-state index contributed by atoms with van der Waals surface area (Å²) in [7, 11) is 0. The molecule has 0 aromatic heterocycles. The number of ketones is 1. The number of carbonyl (C=O) groups is 6. The molecule has 370 valence electrons. The molecule has 0 N–H and O–H groups in total. The molecule has 0 aromatic carbocycles. The molecule has 10 heteroatoms. The smallest absolute Gasteiger partial charge is 0.318 e. The number of rotatable bonds is 11. The maximum atomic E-state index is 15.3. The van der Waals surface area contributed by atoms with Crippen LogP contribution in [0.5, 0.6) is 0 Å². The highest BCUT2D eigenvalue weighted by molar-refractivity contribution is 5.98. The van der Waals surface area contributed by atoms with Crippen LogP contribution in [0, 0.1) is 106 Å². The van der Waals surface area contributed by atoms with Crippen LogP contribution in [0.15, 0.2) is 0 Å². The van der Waals surface area contributed by atoms with Gasteiger partial charge < -0.3 is 18.9 Å². The highest BCUT2D eigenvalue weighted by atomic mass is 16.6. The maximum absolute atomic E-state index is 15.3. The summed E-state index contributed by atoms with van der Waals surface area (Å²) in [6.07, 6.45) is 11.8. The van der Waals surface area contributed by atoms with E-state index in [9.17, 15) is 24.0 Å². The molecule has 13 atom stereocenters. The fourth-order valence-electron chi connectivity index (χ4n) is 16.6. The summed E-state index contributed by atoms with van der Waals surface area (Å²) in [6.45, 7) is 10.8. The Bertz CT molecular complexity index is 1680. The second kappa shape index (κ2) is 19.8. The fraction of sp³-hybridized carbons (Fsp3) is 0.889. The Morgan fingerprint density at radius 2 is 1.23 bits per heavy atom. The molecule has 64 heavy (non-hydrogen) atoms. The van der Waals surface area contributed by atoms with Gasteiger partial charge in [0.05, 0.1) is 36.2 Å². The van der Waals surface area contributed by atoms with Crippen molar-refractivity contribution in [1.29, 1.82) is 0 Å². The average molecular weight is 903 g/mol. The lowest BCUT2D eigenvalue weighted by Crippen LogP contribution is -2.61. The zero-order valence-electron chi connectivity index (χ0n) is 34.0. The summed E-state index contributed by atoms with van der Waals surface area (Å²) >= 11 is 0. The van der Waals surface area contributed by atoms with Gasteiger partial charge in [-0.05, 0) is 150 Å². The van der Waals surface area contributed by atoms with E-state index in [0.717, 1.165) is 38.5 Å². The molecule has 0 aromatic rings. The molecule has 2 heterocycles. The fourth-order valence-corrected chi connectivity index (χ4v) is 16.6. The van der Waals surface area contributed by atoms with Gasteiger partial charge in [-0.3, -0.25) is 28.8 Å². The van der Waals surface area contributed by atoms with Gasteiger partial charge in [0, 0.05) is 23.2 Å². The van der Waals surface area contributed by atoms with Crippen molar-refractivity contribution >= 4 is 35.6 Å². The Labute approximate surface area is 389 Å². The predicted molar refractivity (Wildman–Crippen MR) is 253 cm³/mol. The summed E-state index contributed by atoms with van der Waals surface area (Å²) in [5.41, 5.74) is -1.59. The number of Topliss-reactive ketones (excluding diaryl/α,β-unsaturated/α-hetero) is 1. The number of ether oxygens (including phenoxy) is 4. The zero-order valence-corrected chi connectivity index (χ0v) is 34.0. The lowest BCUT2D eigenvalue weighted by Gasteiger charge is -2.63. The molecule has 2 aliphatic heterocycles. The summed E-state index contributed by atoms with van der Waals surface area (Å²) in [4.78, 5) is 82.6. The first kappa shape index (κ1) is 57.3. The van der Waals surface area contributed by atoms with Crippen molar-refractivity contribution in [2.75, 3.05) is 6.61 Å². The van der Waals surface area contributed by atoms with Gasteiger partial charge in [0.1, 0.15) is 17.0 Å². The largest absolute Gasteiger partial charge is 0.465 e. The van der Waals surface area contributed by atoms with Crippen LogP contribution < -0.4 is 0 Å². The highest BCUT2D eigenvalue weighted by Crippen LogP contribution is 2.67. The SMILES string of the molecule is C.C.C.C.C.C.C.C.CC1C(=O)OC(=O)C1C(CC(CC1C(C)C2CC1C1COC(=O)C21)C(=O)OC(C)(C(C)C)C12CC3CC(CC(C3)C1)C2)C(=O)OC12CC3CC(C1)C(=O)C(C3)C2. The van der Waals surface area contributed by atoms with E-state index in [-0.39, 0.29) is 142 Å². The van der Waals surface area contributed by atoms with Crippen molar-refractivity contribution < 1.29 is 47.7 Å². The molecule has 12 fully saturated rings. The molecule has 0 amide bonds. The molecule has 10 bridgehead atoms. The average Bonchev–Trinajstić information content (AvgIpc) is 3.85. The molecule has 0 radical (unpaired) electrons. The minimum Gasteiger partial charge on any atom is -0.465 e. The van der Waals surface area contributed by atoms with Gasteiger partial charge in [0.2, 0.25) is 0 Å². The maximum Gasteiger partial charge on any atom is 0.318 e. The minimum absolute atomic E-state index is 0. The lowest BCUT2D eigenvalue weighted by atomic mass is 9.44. The molecule has 13 unspecified atom stereocenters. The third-order valence-corrected chi connectivity index (χ3v) is 18.9. The number of carbonyl (C=O) groups excluding carboxylic acids is 6. The second-order valence-corrected chi connectivity index (χ2v) is 22.0. The first-order valence-electron chi connectivity index (χ1n) is 22.5. The Kier molecular flexibility index (Phi) is 17.8. The highest BCUT2D eigenvalue weighted by Gasteiger charge is 2.65. The van der Waals surface area contributed by atoms with E-state index in [0.29, 0.717) is 56.0 Å². The van der Waals surface area contributed by atoms with E-state index in [1.54, 1.807) is 6.92 Å². The van der Waals surface area contributed by atoms with Crippen molar-refractivity contribution in [2.45, 2.75) is 195 Å². The third-order valence-electron chi connectivity index (χ3n) is 18.9. The van der Waals surface area contributed by atoms with E-state index in [1.807, 2.05) is 0 Å². The summed E-state index contributed by atoms with van der Waals surface area (Å²) in [5, 5.41) is 0. The van der Waals surface area contributed by atoms with Crippen molar-refractivity contribution in [1.82, 2.24) is 0 Å². The van der Waals surface area contributed by atoms with Crippen LogP contribution in [0.3, 0.4) is 0 Å². The van der Waals surface area contributed by atoms with Gasteiger partial charge >= 0.3 is 29.8 Å². The summed E-state index contributed by atoms with van der Waals surface area (Å²) in [6, 6.07) is 0. The first-order valence-corrected chi connectivity index (χ1v) is 22.5. The van der Waals surface area contributed by atoms with Crippen molar-refractivity contribution in [3.63, 3.8) is 0 Å². The molecule has 0 spiro atoms. The van der Waals surface area contributed by atoms with Crippen LogP contribution in [0.2, 0.25) is 0 Å². The molecule has 10 aliphatic carbocycles. The van der Waals surface area contributed by atoms with Crippen molar-refractivity contribution in [2.24, 2.45) is 106 Å². The topological polar surface area (TPSA) is 139 Å². The van der Waals surface area contributed by atoms with E-state index >= 15 is 4.79 Å². The number of cyclic esters (lactones) is 3. The molecule has 10 nitrogen and oxygen atoms in total. The molecule has 12 rings (SSSR count). The summed E-state index contributed by atoms with van der Waals surface area (Å²) < 4.78 is 24.4. The van der Waals surface area contributed by atoms with E-state index in [1.165, 1.54) is 19.3 Å². The molecular formula is C54H94O10. The first-order chi connectivity index (χ1) is 26.6. The van der Waals surface area contributed by atoms with E-state index < -0.39 is 52.8 Å². The van der Waals surface area contributed by atoms with Crippen LogP contribution in [-0.4, -0.2) is 53.4 Å². The minimum atomic E-state index is -1.09. The van der Waals surface area contributed by atoms with Gasteiger partial charge in [0.25, 0.3) is 0 Å². The number of hydrogen-bond donors (Lipinski definition) is 0. The molecule has 2 saturated heterocycles. The Balaban J connectivity index is 0.00000176. The molecule has 12 aliphatic rings. The monoisotopic (exact) mass is 903 g/mol. The number of hydrogen-bond acceptors (Lipinski definition) is 10. The van der Waals surface area contributed by atoms with Crippen molar-refractivity contribution in [3.8, 4) is 0 Å². The Morgan fingerprint density at radius 3 is 1.75 bits per heavy atom. The van der Waals surface area contributed by atoms with Gasteiger partial charge in [-0.2, -0.15) is 0 Å². The third kappa shape index (κ3) is 8.55. The number of fused-ring (bicyclic) bond motifs is 5. The summed E-state index contributed by atoms with van der Waals surface area (Å²) in [5.74, 6) is -3.00. The molecular weight excluding hydrogens is 809 g/mol. The van der Waals surface area contributed by atoms with Crippen molar-refractivity contribution in [3.05, 3.63) is 0 Å². The van der Waals surface area contributed by atoms with Gasteiger partial charge in [-0.15, -0.1) is 0 Å². The Hall–Kier alpha value is -2.78. The van der Waals surface area contributed by atoms with Crippen LogP contribution in [0.4, 0.5) is 0 Å². The van der Waals surface area contributed by atoms with E-state index in [4.69, 9.17) is 18.9 Å². The van der Waals surface area contributed by atoms with Crippen LogP contribution in [0.25, 0.3) is 0 Å².